The van der Waals surface area contributed by atoms with Crippen LogP contribution in [-0.2, 0) is 4.74 Å². The number of para-hydroxylation sites is 1. The monoisotopic (exact) mass is 522 g/mol. The van der Waals surface area contributed by atoms with Gasteiger partial charge in [-0.15, -0.1) is 0 Å². The van der Waals surface area contributed by atoms with E-state index in [0.29, 0.717) is 31.0 Å². The van der Waals surface area contributed by atoms with Crippen LogP contribution in [0.3, 0.4) is 0 Å². The molecule has 3 heteroatoms. The predicted octanol–water partition coefficient (Wildman–Crippen LogP) is 9.63. The SMILES string of the molecule is CC(C)CC(c1ccc(OC(C)OCCOc2c(-c3ccccc3)cccc2-c2ccccc2)cc1)C(C)C. The first kappa shape index (κ1) is 28.4. The van der Waals surface area contributed by atoms with Crippen molar-refractivity contribution in [3.63, 3.8) is 0 Å². The lowest BCUT2D eigenvalue weighted by atomic mass is 9.82. The minimum absolute atomic E-state index is 0.381. The Morgan fingerprint density at radius 1 is 0.590 bits per heavy atom. The molecule has 0 aliphatic heterocycles. The molecule has 0 bridgehead atoms. The van der Waals surface area contributed by atoms with Crippen LogP contribution in [0.2, 0.25) is 0 Å². The fourth-order valence-electron chi connectivity index (χ4n) is 5.06. The highest BCUT2D eigenvalue weighted by atomic mass is 16.7. The maximum Gasteiger partial charge on any atom is 0.197 e. The fraction of sp³-hybridized carbons (Fsp3) is 0.333. The third-order valence-electron chi connectivity index (χ3n) is 7.01. The number of benzene rings is 4. The van der Waals surface area contributed by atoms with Gasteiger partial charge in [0.15, 0.2) is 6.29 Å². The normalized spacial score (nSPS) is 12.9. The largest absolute Gasteiger partial charge is 0.490 e. The number of ether oxygens (including phenoxy) is 3. The Morgan fingerprint density at radius 2 is 1.15 bits per heavy atom. The summed E-state index contributed by atoms with van der Waals surface area (Å²) in [6.07, 6.45) is 0.811. The Kier molecular flexibility index (Phi) is 10.2. The quantitative estimate of drug-likeness (QED) is 0.129. The first-order valence-corrected chi connectivity index (χ1v) is 14.2. The molecule has 0 saturated heterocycles. The molecule has 4 rings (SSSR count). The second-order valence-corrected chi connectivity index (χ2v) is 10.9. The maximum atomic E-state index is 6.39. The maximum absolute atomic E-state index is 6.39. The zero-order valence-corrected chi connectivity index (χ0v) is 24.0. The van der Waals surface area contributed by atoms with Crippen LogP contribution in [-0.4, -0.2) is 19.5 Å². The molecule has 4 aromatic carbocycles. The fourth-order valence-corrected chi connectivity index (χ4v) is 5.06. The van der Waals surface area contributed by atoms with Gasteiger partial charge in [-0.2, -0.15) is 0 Å². The van der Waals surface area contributed by atoms with Gasteiger partial charge < -0.3 is 14.2 Å². The molecule has 2 atom stereocenters. The Morgan fingerprint density at radius 3 is 1.67 bits per heavy atom. The van der Waals surface area contributed by atoms with Crippen LogP contribution in [0.15, 0.2) is 103 Å². The molecule has 0 aliphatic carbocycles. The van der Waals surface area contributed by atoms with E-state index in [1.807, 2.05) is 19.1 Å². The molecule has 0 saturated carbocycles. The van der Waals surface area contributed by atoms with Crippen LogP contribution < -0.4 is 9.47 Å². The standard InChI is InChI=1S/C36H42O3/c1-26(2)25-35(27(3)4)31-19-21-32(22-20-31)39-28(5)37-23-24-38-36-33(29-13-8-6-9-14-29)17-12-18-34(36)30-15-10-7-11-16-30/h6-22,26-28,35H,23-25H2,1-5H3. The van der Waals surface area contributed by atoms with E-state index < -0.39 is 0 Å². The molecule has 0 radical (unpaired) electrons. The van der Waals surface area contributed by atoms with Crippen molar-refractivity contribution >= 4 is 0 Å². The van der Waals surface area contributed by atoms with Crippen LogP contribution in [0.5, 0.6) is 11.5 Å². The summed E-state index contributed by atoms with van der Waals surface area (Å²) in [6.45, 7) is 11.9. The minimum Gasteiger partial charge on any atom is -0.490 e. The molecule has 4 aromatic rings. The van der Waals surface area contributed by atoms with Crippen molar-refractivity contribution in [1.82, 2.24) is 0 Å². The molecule has 2 unspecified atom stereocenters. The van der Waals surface area contributed by atoms with Crippen LogP contribution in [0.25, 0.3) is 22.3 Å². The first-order valence-electron chi connectivity index (χ1n) is 14.2. The van der Waals surface area contributed by atoms with Crippen molar-refractivity contribution in [3.8, 4) is 33.8 Å². The molecule has 39 heavy (non-hydrogen) atoms. The van der Waals surface area contributed by atoms with Crippen LogP contribution in [0.4, 0.5) is 0 Å². The van der Waals surface area contributed by atoms with Crippen molar-refractivity contribution in [2.75, 3.05) is 13.2 Å². The molecule has 0 spiro atoms. The Labute approximate surface area is 234 Å². The summed E-state index contributed by atoms with van der Waals surface area (Å²) in [5.41, 5.74) is 5.76. The van der Waals surface area contributed by atoms with Crippen LogP contribution in [0.1, 0.15) is 52.5 Å². The summed E-state index contributed by atoms with van der Waals surface area (Å²) in [5, 5.41) is 0. The van der Waals surface area contributed by atoms with Crippen molar-refractivity contribution in [3.05, 3.63) is 109 Å². The zero-order valence-electron chi connectivity index (χ0n) is 24.0. The van der Waals surface area contributed by atoms with E-state index in [1.54, 1.807) is 0 Å². The van der Waals surface area contributed by atoms with E-state index in [0.717, 1.165) is 33.8 Å². The van der Waals surface area contributed by atoms with Crippen molar-refractivity contribution in [1.29, 1.82) is 0 Å². The molecular weight excluding hydrogens is 480 g/mol. The molecule has 0 amide bonds. The van der Waals surface area contributed by atoms with E-state index in [1.165, 1.54) is 12.0 Å². The molecule has 0 heterocycles. The van der Waals surface area contributed by atoms with E-state index >= 15 is 0 Å². The van der Waals surface area contributed by atoms with E-state index in [-0.39, 0.29) is 6.29 Å². The number of rotatable bonds is 13. The molecular formula is C36H42O3. The van der Waals surface area contributed by atoms with Gasteiger partial charge >= 0.3 is 0 Å². The highest BCUT2D eigenvalue weighted by Crippen LogP contribution is 2.39. The van der Waals surface area contributed by atoms with Crippen LogP contribution in [0, 0.1) is 11.8 Å². The number of hydrogen-bond acceptors (Lipinski definition) is 3. The van der Waals surface area contributed by atoms with Gasteiger partial charge in [0.05, 0.1) is 6.61 Å². The van der Waals surface area contributed by atoms with Gasteiger partial charge in [0.1, 0.15) is 18.1 Å². The van der Waals surface area contributed by atoms with Gasteiger partial charge in [0, 0.05) is 11.1 Å². The molecule has 204 valence electrons. The second kappa shape index (κ2) is 14.0. The Bertz CT molecular complexity index is 1210. The van der Waals surface area contributed by atoms with E-state index in [9.17, 15) is 0 Å². The summed E-state index contributed by atoms with van der Waals surface area (Å²) >= 11 is 0. The lowest BCUT2D eigenvalue weighted by Gasteiger charge is -2.24. The van der Waals surface area contributed by atoms with Crippen molar-refractivity contribution in [2.24, 2.45) is 11.8 Å². The van der Waals surface area contributed by atoms with Gasteiger partial charge in [-0.3, -0.25) is 0 Å². The highest BCUT2D eigenvalue weighted by molar-refractivity contribution is 5.82. The summed E-state index contributed by atoms with van der Waals surface area (Å²) in [7, 11) is 0. The van der Waals surface area contributed by atoms with Gasteiger partial charge in [0.25, 0.3) is 0 Å². The number of hydrogen-bond donors (Lipinski definition) is 0. The molecule has 0 N–H and O–H groups in total. The third-order valence-corrected chi connectivity index (χ3v) is 7.01. The second-order valence-electron chi connectivity index (χ2n) is 10.9. The molecule has 3 nitrogen and oxygen atoms in total. The summed E-state index contributed by atoms with van der Waals surface area (Å²) in [4.78, 5) is 0. The zero-order chi connectivity index (χ0) is 27.6. The van der Waals surface area contributed by atoms with Gasteiger partial charge in [-0.05, 0) is 59.9 Å². The Hall–Kier alpha value is -3.56. The summed E-state index contributed by atoms with van der Waals surface area (Å²) in [6, 6.07) is 35.5. The summed E-state index contributed by atoms with van der Waals surface area (Å²) < 4.78 is 18.4. The van der Waals surface area contributed by atoms with E-state index in [4.69, 9.17) is 14.2 Å². The average Bonchev–Trinajstić information content (AvgIpc) is 2.95. The van der Waals surface area contributed by atoms with Crippen LogP contribution >= 0.6 is 0 Å². The lowest BCUT2D eigenvalue weighted by molar-refractivity contribution is -0.0738. The topological polar surface area (TPSA) is 27.7 Å². The van der Waals surface area contributed by atoms with Gasteiger partial charge in [-0.25, -0.2) is 0 Å². The first-order chi connectivity index (χ1) is 18.9. The third kappa shape index (κ3) is 7.97. The Balaban J connectivity index is 1.38. The minimum atomic E-state index is -0.381. The van der Waals surface area contributed by atoms with E-state index in [2.05, 4.69) is 119 Å². The highest BCUT2D eigenvalue weighted by Gasteiger charge is 2.18. The molecule has 0 aromatic heterocycles. The van der Waals surface area contributed by atoms with Crippen molar-refractivity contribution in [2.45, 2.75) is 53.2 Å². The summed E-state index contributed by atoms with van der Waals surface area (Å²) in [5.74, 6) is 3.52. The smallest absolute Gasteiger partial charge is 0.197 e. The average molecular weight is 523 g/mol. The molecule has 0 fully saturated rings. The van der Waals surface area contributed by atoms with Crippen molar-refractivity contribution < 1.29 is 14.2 Å². The predicted molar refractivity (Wildman–Crippen MR) is 162 cm³/mol. The van der Waals surface area contributed by atoms with Gasteiger partial charge in [-0.1, -0.05) is 119 Å². The lowest BCUT2D eigenvalue weighted by Crippen LogP contribution is -2.20. The van der Waals surface area contributed by atoms with Gasteiger partial charge in [0.2, 0.25) is 0 Å². The molecule has 0 aliphatic rings.